The monoisotopic (exact) mass is 160 g/mol. The Morgan fingerprint density at radius 3 is 1.91 bits per heavy atom. The molecule has 0 amide bonds. The summed E-state index contributed by atoms with van der Waals surface area (Å²) in [6, 6.07) is 0. The zero-order chi connectivity index (χ0) is 8.59. The van der Waals surface area contributed by atoms with E-state index in [-0.39, 0.29) is 6.61 Å². The zero-order valence-corrected chi connectivity index (χ0v) is 6.01. The van der Waals surface area contributed by atoms with Crippen molar-refractivity contribution in [2.45, 2.75) is 18.3 Å². The average molecular weight is 160 g/mol. The molecule has 1 aliphatic rings. The van der Waals surface area contributed by atoms with Gasteiger partial charge in [0.25, 0.3) is 0 Å². The van der Waals surface area contributed by atoms with Crippen LogP contribution in [0.15, 0.2) is 12.2 Å². The molecular formula is C7H12O4. The second-order valence-corrected chi connectivity index (χ2v) is 2.79. The summed E-state index contributed by atoms with van der Waals surface area (Å²) in [5.41, 5.74) is 0.299. The summed E-state index contributed by atoms with van der Waals surface area (Å²) in [5, 5.41) is 36.1. The number of aliphatic hydroxyl groups excluding tert-OH is 4. The molecule has 0 heterocycles. The van der Waals surface area contributed by atoms with Gasteiger partial charge in [-0.15, -0.1) is 0 Å². The maximum atomic E-state index is 9.17. The lowest BCUT2D eigenvalue weighted by Gasteiger charge is -2.12. The minimum absolute atomic E-state index is 0.297. The summed E-state index contributed by atoms with van der Waals surface area (Å²) in [6.45, 7) is 3.16. The van der Waals surface area contributed by atoms with Crippen LogP contribution in [0.1, 0.15) is 0 Å². The molecule has 1 fully saturated rings. The van der Waals surface area contributed by atoms with Crippen LogP contribution in [-0.2, 0) is 0 Å². The second-order valence-electron chi connectivity index (χ2n) is 2.79. The van der Waals surface area contributed by atoms with Crippen LogP contribution in [0.2, 0.25) is 0 Å². The fourth-order valence-corrected chi connectivity index (χ4v) is 1.31. The van der Waals surface area contributed by atoms with Gasteiger partial charge in [0, 0.05) is 5.92 Å². The normalized spacial score (nSPS) is 44.9. The van der Waals surface area contributed by atoms with Gasteiger partial charge >= 0.3 is 0 Å². The van der Waals surface area contributed by atoms with Crippen LogP contribution in [-0.4, -0.2) is 45.3 Å². The van der Waals surface area contributed by atoms with Crippen molar-refractivity contribution in [3.8, 4) is 0 Å². The summed E-state index contributed by atoms with van der Waals surface area (Å²) in [4.78, 5) is 0. The Hall–Kier alpha value is -0.420. The second kappa shape index (κ2) is 2.91. The van der Waals surface area contributed by atoms with Crippen LogP contribution >= 0.6 is 0 Å². The molecule has 1 rings (SSSR count). The minimum atomic E-state index is -1.21. The SMILES string of the molecule is C=C1[C@H](O)C(O)C(O)[C@H]1CO. The summed E-state index contributed by atoms with van der Waals surface area (Å²) in [7, 11) is 0. The first-order chi connectivity index (χ1) is 5.09. The molecule has 4 nitrogen and oxygen atoms in total. The zero-order valence-electron chi connectivity index (χ0n) is 6.01. The molecule has 64 valence electrons. The summed E-state index contributed by atoms with van der Waals surface area (Å²) in [6.07, 6.45) is -3.41. The Kier molecular flexibility index (Phi) is 2.29. The molecule has 11 heavy (non-hydrogen) atoms. The van der Waals surface area contributed by atoms with Gasteiger partial charge in [-0.1, -0.05) is 6.58 Å². The first kappa shape index (κ1) is 8.67. The van der Waals surface area contributed by atoms with Crippen molar-refractivity contribution in [3.05, 3.63) is 12.2 Å². The number of hydrogen-bond acceptors (Lipinski definition) is 4. The van der Waals surface area contributed by atoms with Crippen LogP contribution in [0.3, 0.4) is 0 Å². The molecule has 0 spiro atoms. The third kappa shape index (κ3) is 1.18. The molecule has 1 saturated carbocycles. The van der Waals surface area contributed by atoms with Gasteiger partial charge in [-0.3, -0.25) is 0 Å². The molecule has 4 N–H and O–H groups in total. The molecule has 0 bridgehead atoms. The molecule has 4 heteroatoms. The molecule has 1 aliphatic carbocycles. The standard InChI is InChI=1S/C7H12O4/c1-3-4(2-8)6(10)7(11)5(3)9/h4-11H,1-2H2/t4-,5-,6?,7?/m0/s1. The molecule has 0 aliphatic heterocycles. The number of aliphatic hydroxyl groups is 4. The number of hydrogen-bond donors (Lipinski definition) is 4. The van der Waals surface area contributed by atoms with Crippen LogP contribution in [0, 0.1) is 5.92 Å². The molecule has 4 atom stereocenters. The predicted molar refractivity (Wildman–Crippen MR) is 37.7 cm³/mol. The molecule has 0 saturated heterocycles. The molecular weight excluding hydrogens is 148 g/mol. The number of rotatable bonds is 1. The van der Waals surface area contributed by atoms with E-state index in [1.165, 1.54) is 0 Å². The predicted octanol–water partition coefficient (Wildman–Crippen LogP) is -1.75. The van der Waals surface area contributed by atoms with E-state index in [0.717, 1.165) is 0 Å². The van der Waals surface area contributed by atoms with E-state index in [2.05, 4.69) is 6.58 Å². The van der Waals surface area contributed by atoms with Gasteiger partial charge in [-0.2, -0.15) is 0 Å². The van der Waals surface area contributed by atoms with E-state index >= 15 is 0 Å². The summed E-state index contributed by atoms with van der Waals surface area (Å²) >= 11 is 0. The Balaban J connectivity index is 2.77. The van der Waals surface area contributed by atoms with Crippen molar-refractivity contribution in [3.63, 3.8) is 0 Å². The van der Waals surface area contributed by atoms with E-state index < -0.39 is 24.2 Å². The van der Waals surface area contributed by atoms with Crippen LogP contribution < -0.4 is 0 Å². The molecule has 0 aromatic heterocycles. The smallest absolute Gasteiger partial charge is 0.110 e. The van der Waals surface area contributed by atoms with E-state index in [9.17, 15) is 0 Å². The van der Waals surface area contributed by atoms with Gasteiger partial charge in [-0.05, 0) is 5.57 Å². The van der Waals surface area contributed by atoms with Gasteiger partial charge in [-0.25, -0.2) is 0 Å². The fourth-order valence-electron chi connectivity index (χ4n) is 1.31. The van der Waals surface area contributed by atoms with Gasteiger partial charge in [0.1, 0.15) is 12.2 Å². The lowest BCUT2D eigenvalue weighted by atomic mass is 10.0. The maximum absolute atomic E-state index is 9.17. The summed E-state index contributed by atoms with van der Waals surface area (Å²) in [5.74, 6) is -0.597. The molecule has 0 radical (unpaired) electrons. The Morgan fingerprint density at radius 2 is 1.73 bits per heavy atom. The van der Waals surface area contributed by atoms with E-state index in [0.29, 0.717) is 5.57 Å². The average Bonchev–Trinajstić information content (AvgIpc) is 2.17. The third-order valence-corrected chi connectivity index (χ3v) is 2.14. The highest BCUT2D eigenvalue weighted by Crippen LogP contribution is 2.30. The third-order valence-electron chi connectivity index (χ3n) is 2.14. The van der Waals surface area contributed by atoms with Crippen LogP contribution in [0.5, 0.6) is 0 Å². The van der Waals surface area contributed by atoms with Gasteiger partial charge in [0.05, 0.1) is 12.7 Å². The lowest BCUT2D eigenvalue weighted by Crippen LogP contribution is -2.31. The van der Waals surface area contributed by atoms with Crippen molar-refractivity contribution in [1.29, 1.82) is 0 Å². The topological polar surface area (TPSA) is 80.9 Å². The highest BCUT2D eigenvalue weighted by molar-refractivity contribution is 5.19. The molecule has 0 aromatic carbocycles. The maximum Gasteiger partial charge on any atom is 0.110 e. The first-order valence-corrected chi connectivity index (χ1v) is 3.43. The van der Waals surface area contributed by atoms with Gasteiger partial charge in [0.2, 0.25) is 0 Å². The van der Waals surface area contributed by atoms with Crippen molar-refractivity contribution in [2.24, 2.45) is 5.92 Å². The highest BCUT2D eigenvalue weighted by Gasteiger charge is 2.43. The molecule has 2 unspecified atom stereocenters. The highest BCUT2D eigenvalue weighted by atomic mass is 16.4. The quantitative estimate of drug-likeness (QED) is 0.343. The minimum Gasteiger partial charge on any atom is -0.396 e. The van der Waals surface area contributed by atoms with Crippen LogP contribution in [0.4, 0.5) is 0 Å². The Labute approximate surface area is 64.4 Å². The lowest BCUT2D eigenvalue weighted by molar-refractivity contribution is -0.0293. The Morgan fingerprint density at radius 1 is 1.18 bits per heavy atom. The Bertz CT molecular complexity index is 168. The van der Waals surface area contributed by atoms with E-state index in [1.807, 2.05) is 0 Å². The summed E-state index contributed by atoms with van der Waals surface area (Å²) < 4.78 is 0. The van der Waals surface area contributed by atoms with Crippen molar-refractivity contribution < 1.29 is 20.4 Å². The van der Waals surface area contributed by atoms with Crippen molar-refractivity contribution in [2.75, 3.05) is 6.61 Å². The van der Waals surface area contributed by atoms with E-state index in [4.69, 9.17) is 20.4 Å². The fraction of sp³-hybridized carbons (Fsp3) is 0.714. The van der Waals surface area contributed by atoms with Gasteiger partial charge < -0.3 is 20.4 Å². The van der Waals surface area contributed by atoms with Crippen molar-refractivity contribution in [1.82, 2.24) is 0 Å². The first-order valence-electron chi connectivity index (χ1n) is 3.43. The largest absolute Gasteiger partial charge is 0.396 e. The van der Waals surface area contributed by atoms with Gasteiger partial charge in [0.15, 0.2) is 0 Å². The van der Waals surface area contributed by atoms with Crippen molar-refractivity contribution >= 4 is 0 Å². The van der Waals surface area contributed by atoms with E-state index in [1.54, 1.807) is 0 Å². The molecule has 0 aromatic rings. The van der Waals surface area contributed by atoms with Crippen LogP contribution in [0.25, 0.3) is 0 Å².